The van der Waals surface area contributed by atoms with Crippen LogP contribution in [0.3, 0.4) is 0 Å². The summed E-state index contributed by atoms with van der Waals surface area (Å²) in [6.45, 7) is 4.12. The highest BCUT2D eigenvalue weighted by Crippen LogP contribution is 2.50. The van der Waals surface area contributed by atoms with E-state index in [1.807, 2.05) is 47.7 Å². The Kier molecular flexibility index (Phi) is 9.80. The van der Waals surface area contributed by atoms with Gasteiger partial charge in [0.2, 0.25) is 11.8 Å². The molecule has 46 heavy (non-hydrogen) atoms. The van der Waals surface area contributed by atoms with Gasteiger partial charge in [-0.1, -0.05) is 56.2 Å². The lowest BCUT2D eigenvalue weighted by Crippen LogP contribution is -2.49. The lowest BCUT2D eigenvalue weighted by molar-refractivity contribution is -0.143. The van der Waals surface area contributed by atoms with Gasteiger partial charge in [-0.2, -0.15) is 15.1 Å². The number of halogens is 1. The SMILES string of the molecule is CCCC[C@](C)(NP(=O)(OC[C@H]1O[C@@H](n2c(I)nc3c(OC)nc(N)nc32)[C@](C)(O)[C@@H]1O)Oc1cccc2ccccc12)C(=O)O. The fraction of sp³-hybridized carbons (Fsp3) is 0.448. The number of hydrogen-bond donors (Lipinski definition) is 5. The third kappa shape index (κ3) is 6.52. The van der Waals surface area contributed by atoms with Gasteiger partial charge in [0.15, 0.2) is 21.2 Å². The molecule has 0 amide bonds. The lowest BCUT2D eigenvalue weighted by Gasteiger charge is -2.31. The number of nitrogens with one attached hydrogen (secondary N) is 1. The molecule has 6 N–H and O–H groups in total. The van der Waals surface area contributed by atoms with Crippen molar-refractivity contribution < 1.29 is 43.2 Å². The van der Waals surface area contributed by atoms with Crippen molar-refractivity contribution in [1.29, 1.82) is 0 Å². The van der Waals surface area contributed by atoms with Crippen molar-refractivity contribution in [1.82, 2.24) is 24.6 Å². The highest BCUT2D eigenvalue weighted by molar-refractivity contribution is 14.1. The number of nitrogens with two attached hydrogens (primary N) is 1. The van der Waals surface area contributed by atoms with Crippen molar-refractivity contribution in [2.24, 2.45) is 0 Å². The maximum Gasteiger partial charge on any atom is 0.459 e. The molecule has 3 heterocycles. The Balaban J connectivity index is 1.47. The summed E-state index contributed by atoms with van der Waals surface area (Å²) in [5.41, 5.74) is 2.70. The molecular formula is C29H36IN6O9P. The van der Waals surface area contributed by atoms with E-state index in [0.717, 1.165) is 5.39 Å². The Bertz CT molecular complexity index is 1800. The van der Waals surface area contributed by atoms with Crippen LogP contribution >= 0.6 is 30.3 Å². The number of benzene rings is 2. The lowest BCUT2D eigenvalue weighted by atomic mass is 9.96. The summed E-state index contributed by atoms with van der Waals surface area (Å²) >= 11 is 1.92. The summed E-state index contributed by atoms with van der Waals surface area (Å²) in [4.78, 5) is 25.1. The molecule has 1 fully saturated rings. The van der Waals surface area contributed by atoms with Gasteiger partial charge in [0.1, 0.15) is 29.1 Å². The number of nitrogen functional groups attached to an aromatic ring is 1. The van der Waals surface area contributed by atoms with Gasteiger partial charge in [-0.15, -0.1) is 0 Å². The number of nitrogens with zero attached hydrogens (tertiary/aromatic N) is 4. The Labute approximate surface area is 278 Å². The number of carboxylic acids is 1. The summed E-state index contributed by atoms with van der Waals surface area (Å²) in [7, 11) is -3.11. The van der Waals surface area contributed by atoms with Gasteiger partial charge in [-0.05, 0) is 31.7 Å². The first-order valence-corrected chi connectivity index (χ1v) is 17.1. The molecule has 17 heteroatoms. The fourth-order valence-corrected chi connectivity index (χ4v) is 7.80. The van der Waals surface area contributed by atoms with Crippen LogP contribution in [-0.4, -0.2) is 77.9 Å². The maximum atomic E-state index is 14.5. The Morgan fingerprint density at radius 3 is 2.65 bits per heavy atom. The van der Waals surface area contributed by atoms with Gasteiger partial charge in [-0.25, -0.2) is 9.55 Å². The summed E-state index contributed by atoms with van der Waals surface area (Å²) < 4.78 is 39.5. The van der Waals surface area contributed by atoms with Gasteiger partial charge in [0, 0.05) is 28.0 Å². The van der Waals surface area contributed by atoms with E-state index in [-0.39, 0.29) is 35.2 Å². The largest absolute Gasteiger partial charge is 0.480 e. The second-order valence-corrected chi connectivity index (χ2v) is 14.1. The fourth-order valence-electron chi connectivity index (χ4n) is 5.34. The zero-order chi connectivity index (χ0) is 33.4. The van der Waals surface area contributed by atoms with E-state index >= 15 is 0 Å². The molecule has 0 bridgehead atoms. The molecular weight excluding hydrogens is 734 g/mol. The highest BCUT2D eigenvalue weighted by Gasteiger charge is 2.55. The Hall–Kier alpha value is -3.12. The minimum absolute atomic E-state index is 0.109. The molecule has 6 atom stereocenters. The number of unbranched alkanes of at least 4 members (excludes halogenated alkanes) is 1. The third-order valence-electron chi connectivity index (χ3n) is 7.93. The van der Waals surface area contributed by atoms with E-state index in [2.05, 4.69) is 20.0 Å². The minimum Gasteiger partial charge on any atom is -0.480 e. The van der Waals surface area contributed by atoms with E-state index in [1.54, 1.807) is 24.3 Å². The molecule has 2 aromatic carbocycles. The number of carbonyl (C=O) groups is 1. The van der Waals surface area contributed by atoms with Crippen LogP contribution in [0.25, 0.3) is 21.9 Å². The van der Waals surface area contributed by atoms with Crippen LogP contribution in [0.4, 0.5) is 5.95 Å². The van der Waals surface area contributed by atoms with Crippen LogP contribution in [0, 0.1) is 3.83 Å². The van der Waals surface area contributed by atoms with Crippen molar-refractivity contribution >= 4 is 64.2 Å². The molecule has 15 nitrogen and oxygen atoms in total. The predicted octanol–water partition coefficient (Wildman–Crippen LogP) is 4.01. The second-order valence-electron chi connectivity index (χ2n) is 11.4. The van der Waals surface area contributed by atoms with Crippen LogP contribution in [-0.2, 0) is 18.6 Å². The molecule has 0 saturated carbocycles. The van der Waals surface area contributed by atoms with Crippen LogP contribution < -0.4 is 20.1 Å². The number of rotatable bonds is 13. The predicted molar refractivity (Wildman–Crippen MR) is 176 cm³/mol. The standard InChI is InChI=1S/C29H36IN6O9P/c1-5-6-14-28(2,25(38)39)35-46(41,45-18-13-9-11-16-10-7-8-12-17(16)18)43-15-19-21(37)29(3,40)24(44-19)36-22-20(32-26(36)30)23(42-4)34-27(31)33-22/h7-13,19,21,24,37,40H,5-6,14-15H2,1-4H3,(H,35,41)(H,38,39)(H2,31,33,34)/t19-,21-,24-,28+,29-,46?/m1/s1. The maximum absolute atomic E-state index is 14.5. The summed E-state index contributed by atoms with van der Waals surface area (Å²) in [6, 6.07) is 12.4. The quantitative estimate of drug-likeness (QED) is 0.0739. The number of fused-ring (bicyclic) bond motifs is 2. The summed E-state index contributed by atoms with van der Waals surface area (Å²) in [5, 5.41) is 37.0. The molecule has 1 saturated heterocycles. The average Bonchev–Trinajstić information content (AvgIpc) is 3.45. The molecule has 248 valence electrons. The first-order chi connectivity index (χ1) is 21.7. The number of hydrogen-bond acceptors (Lipinski definition) is 12. The molecule has 1 unspecified atom stereocenters. The molecule has 4 aromatic rings. The molecule has 0 radical (unpaired) electrons. The molecule has 1 aliphatic heterocycles. The zero-order valence-corrected chi connectivity index (χ0v) is 28.6. The van der Waals surface area contributed by atoms with Crippen molar-refractivity contribution in [3.8, 4) is 11.6 Å². The van der Waals surface area contributed by atoms with E-state index < -0.39 is 49.9 Å². The van der Waals surface area contributed by atoms with Crippen LogP contribution in [0.1, 0.15) is 46.3 Å². The third-order valence-corrected chi connectivity index (χ3v) is 10.4. The molecule has 2 aromatic heterocycles. The highest BCUT2D eigenvalue weighted by atomic mass is 127. The molecule has 5 rings (SSSR count). The number of aliphatic carboxylic acids is 1. The van der Waals surface area contributed by atoms with Crippen LogP contribution in [0.15, 0.2) is 42.5 Å². The van der Waals surface area contributed by atoms with Gasteiger partial charge in [-0.3, -0.25) is 13.9 Å². The Morgan fingerprint density at radius 2 is 1.96 bits per heavy atom. The number of aliphatic hydroxyl groups excluding tert-OH is 1. The normalized spacial score (nSPS) is 24.1. The van der Waals surface area contributed by atoms with Crippen molar-refractivity contribution in [2.45, 2.75) is 69.6 Å². The number of imidazole rings is 1. The van der Waals surface area contributed by atoms with E-state index in [4.69, 9.17) is 24.3 Å². The topological polar surface area (TPSA) is 213 Å². The molecule has 0 aliphatic carbocycles. The number of anilines is 1. The van der Waals surface area contributed by atoms with E-state index in [0.29, 0.717) is 22.1 Å². The summed E-state index contributed by atoms with van der Waals surface area (Å²) in [5.74, 6) is -1.05. The second kappa shape index (κ2) is 13.2. The van der Waals surface area contributed by atoms with E-state index in [1.165, 1.54) is 25.5 Å². The number of methoxy groups -OCH3 is 1. The van der Waals surface area contributed by atoms with Crippen molar-refractivity contribution in [3.63, 3.8) is 0 Å². The molecule has 1 aliphatic rings. The number of aliphatic hydroxyl groups is 2. The van der Waals surface area contributed by atoms with Gasteiger partial charge in [0.05, 0.1) is 13.7 Å². The van der Waals surface area contributed by atoms with Gasteiger partial charge >= 0.3 is 13.7 Å². The smallest absolute Gasteiger partial charge is 0.459 e. The first kappa shape index (κ1) is 34.2. The number of aromatic nitrogens is 4. The Morgan fingerprint density at radius 1 is 1.24 bits per heavy atom. The minimum atomic E-state index is -4.51. The van der Waals surface area contributed by atoms with E-state index in [9.17, 15) is 24.7 Å². The monoisotopic (exact) mass is 770 g/mol. The average molecular weight is 771 g/mol. The van der Waals surface area contributed by atoms with Crippen molar-refractivity contribution in [2.75, 3.05) is 19.5 Å². The van der Waals surface area contributed by atoms with Gasteiger partial charge in [0.25, 0.3) is 0 Å². The van der Waals surface area contributed by atoms with Crippen LogP contribution in [0.5, 0.6) is 11.6 Å². The molecule has 0 spiro atoms. The van der Waals surface area contributed by atoms with Crippen LogP contribution in [0.2, 0.25) is 0 Å². The number of ether oxygens (including phenoxy) is 2. The van der Waals surface area contributed by atoms with Crippen molar-refractivity contribution in [3.05, 3.63) is 46.3 Å². The first-order valence-electron chi connectivity index (χ1n) is 14.5. The zero-order valence-electron chi connectivity index (χ0n) is 25.6. The summed E-state index contributed by atoms with van der Waals surface area (Å²) in [6.07, 6.45) is -2.73. The number of carboxylic acid groups (broad SMARTS) is 1. The van der Waals surface area contributed by atoms with Gasteiger partial charge < -0.3 is 35.1 Å².